The second-order valence-corrected chi connectivity index (χ2v) is 2.42. The molecule has 9 heavy (non-hydrogen) atoms. The molecule has 0 aromatic heterocycles. The molecule has 0 saturated heterocycles. The quantitative estimate of drug-likeness (QED) is 0.574. The van der Waals surface area contributed by atoms with E-state index in [1.807, 2.05) is 0 Å². The zero-order valence-electron chi connectivity index (χ0n) is 6.05. The molecule has 0 aromatic rings. The maximum atomic E-state index is 9.32. The van der Waals surface area contributed by atoms with Gasteiger partial charge in [0.1, 0.15) is 0 Å². The van der Waals surface area contributed by atoms with Crippen molar-refractivity contribution < 1.29 is 9.84 Å². The second kappa shape index (κ2) is 3.64. The average molecular weight is 130 g/mol. The number of methoxy groups -OCH3 is 1. The molecule has 0 aliphatic rings. The molecule has 54 valence electrons. The molecule has 1 unspecified atom stereocenters. The van der Waals surface area contributed by atoms with E-state index in [0.29, 0.717) is 13.0 Å². The molecule has 0 spiro atoms. The summed E-state index contributed by atoms with van der Waals surface area (Å²) in [7, 11) is 1.57. The van der Waals surface area contributed by atoms with Gasteiger partial charge in [-0.25, -0.2) is 0 Å². The van der Waals surface area contributed by atoms with Crippen LogP contribution in [-0.4, -0.2) is 24.4 Å². The fraction of sp³-hybridized carbons (Fsp3) is 0.714. The van der Waals surface area contributed by atoms with Gasteiger partial charge in [0.25, 0.3) is 0 Å². The summed E-state index contributed by atoms with van der Waals surface area (Å²) in [5.74, 6) is 0. The summed E-state index contributed by atoms with van der Waals surface area (Å²) < 4.78 is 4.76. The van der Waals surface area contributed by atoms with Gasteiger partial charge in [-0.15, -0.1) is 6.58 Å². The van der Waals surface area contributed by atoms with Crippen molar-refractivity contribution in [2.45, 2.75) is 18.9 Å². The summed E-state index contributed by atoms with van der Waals surface area (Å²) >= 11 is 0. The maximum absolute atomic E-state index is 9.32. The molecule has 0 fully saturated rings. The van der Waals surface area contributed by atoms with E-state index in [-0.39, 0.29) is 0 Å². The first-order valence-electron chi connectivity index (χ1n) is 2.94. The molecule has 2 heteroatoms. The largest absolute Gasteiger partial charge is 0.387 e. The van der Waals surface area contributed by atoms with Crippen molar-refractivity contribution in [3.05, 3.63) is 12.7 Å². The first-order chi connectivity index (χ1) is 4.12. The van der Waals surface area contributed by atoms with E-state index >= 15 is 0 Å². The monoisotopic (exact) mass is 130 g/mol. The molecule has 0 bridgehead atoms. The Morgan fingerprint density at radius 2 is 2.33 bits per heavy atom. The molecule has 2 nitrogen and oxygen atoms in total. The lowest BCUT2D eigenvalue weighted by atomic mass is 10.0. The van der Waals surface area contributed by atoms with Crippen molar-refractivity contribution in [3.63, 3.8) is 0 Å². The van der Waals surface area contributed by atoms with Gasteiger partial charge in [0.05, 0.1) is 12.2 Å². The Morgan fingerprint density at radius 1 is 1.78 bits per heavy atom. The second-order valence-electron chi connectivity index (χ2n) is 2.42. The fourth-order valence-electron chi connectivity index (χ4n) is 0.681. The third-order valence-electron chi connectivity index (χ3n) is 1.04. The third-order valence-corrected chi connectivity index (χ3v) is 1.04. The predicted octanol–water partition coefficient (Wildman–Crippen LogP) is 0.960. The molecule has 1 atom stereocenters. The van der Waals surface area contributed by atoms with Crippen LogP contribution in [0.5, 0.6) is 0 Å². The highest BCUT2D eigenvalue weighted by Gasteiger charge is 2.16. The van der Waals surface area contributed by atoms with Crippen molar-refractivity contribution in [2.24, 2.45) is 0 Å². The van der Waals surface area contributed by atoms with Gasteiger partial charge < -0.3 is 9.84 Å². The van der Waals surface area contributed by atoms with Gasteiger partial charge in [-0.3, -0.25) is 0 Å². The van der Waals surface area contributed by atoms with Gasteiger partial charge in [0.2, 0.25) is 0 Å². The number of aliphatic hydroxyl groups is 1. The first kappa shape index (κ1) is 8.66. The highest BCUT2D eigenvalue weighted by molar-refractivity contribution is 4.81. The minimum atomic E-state index is -0.740. The van der Waals surface area contributed by atoms with E-state index in [4.69, 9.17) is 4.74 Å². The average Bonchev–Trinajstić information content (AvgIpc) is 1.64. The standard InChI is InChI=1S/C7H14O2/c1-4-5-7(2,8)6-9-3/h4,8H,1,5-6H2,2-3H3. The number of ether oxygens (including phenoxy) is 1. The van der Waals surface area contributed by atoms with Gasteiger partial charge in [-0.05, 0) is 13.3 Å². The molecule has 0 aliphatic heterocycles. The van der Waals surface area contributed by atoms with Crippen molar-refractivity contribution in [1.82, 2.24) is 0 Å². The van der Waals surface area contributed by atoms with Gasteiger partial charge >= 0.3 is 0 Å². The topological polar surface area (TPSA) is 29.5 Å². The van der Waals surface area contributed by atoms with Crippen LogP contribution in [0, 0.1) is 0 Å². The Morgan fingerprint density at radius 3 is 2.67 bits per heavy atom. The Kier molecular flexibility index (Phi) is 3.50. The lowest BCUT2D eigenvalue weighted by Gasteiger charge is -2.19. The molecular weight excluding hydrogens is 116 g/mol. The van der Waals surface area contributed by atoms with Gasteiger partial charge in [0, 0.05) is 7.11 Å². The third kappa shape index (κ3) is 4.18. The zero-order valence-corrected chi connectivity index (χ0v) is 6.05. The summed E-state index contributed by atoms with van der Waals surface area (Å²) in [5, 5.41) is 9.32. The molecular formula is C7H14O2. The van der Waals surface area contributed by atoms with E-state index in [1.165, 1.54) is 0 Å². The first-order valence-corrected chi connectivity index (χ1v) is 2.94. The van der Waals surface area contributed by atoms with Crippen molar-refractivity contribution in [2.75, 3.05) is 13.7 Å². The SMILES string of the molecule is C=CCC(C)(O)COC. The molecule has 0 radical (unpaired) electrons. The Bertz CT molecular complexity index is 86.9. The number of rotatable bonds is 4. The van der Waals surface area contributed by atoms with Gasteiger partial charge in [0.15, 0.2) is 0 Å². The zero-order chi connectivity index (χ0) is 7.33. The highest BCUT2D eigenvalue weighted by atomic mass is 16.5. The molecule has 0 aromatic carbocycles. The van der Waals surface area contributed by atoms with Crippen LogP contribution in [0.3, 0.4) is 0 Å². The minimum Gasteiger partial charge on any atom is -0.387 e. The van der Waals surface area contributed by atoms with Crippen LogP contribution in [-0.2, 0) is 4.74 Å². The number of hydrogen-bond acceptors (Lipinski definition) is 2. The van der Waals surface area contributed by atoms with Crippen LogP contribution < -0.4 is 0 Å². The van der Waals surface area contributed by atoms with E-state index in [9.17, 15) is 5.11 Å². The highest BCUT2D eigenvalue weighted by Crippen LogP contribution is 2.08. The van der Waals surface area contributed by atoms with E-state index in [2.05, 4.69) is 6.58 Å². The maximum Gasteiger partial charge on any atom is 0.0886 e. The summed E-state index contributed by atoms with van der Waals surface area (Å²) in [6.07, 6.45) is 2.25. The molecule has 1 N–H and O–H groups in total. The van der Waals surface area contributed by atoms with Gasteiger partial charge in [-0.1, -0.05) is 6.08 Å². The van der Waals surface area contributed by atoms with Crippen molar-refractivity contribution in [1.29, 1.82) is 0 Å². The van der Waals surface area contributed by atoms with Crippen molar-refractivity contribution >= 4 is 0 Å². The van der Waals surface area contributed by atoms with E-state index in [0.717, 1.165) is 0 Å². The lowest BCUT2D eigenvalue weighted by molar-refractivity contribution is -0.0141. The fourth-order valence-corrected chi connectivity index (χ4v) is 0.681. The summed E-state index contributed by atoms with van der Waals surface area (Å²) in [6.45, 7) is 5.59. The van der Waals surface area contributed by atoms with Gasteiger partial charge in [-0.2, -0.15) is 0 Å². The minimum absolute atomic E-state index is 0.360. The number of hydrogen-bond donors (Lipinski definition) is 1. The van der Waals surface area contributed by atoms with Crippen LogP contribution in [0.25, 0.3) is 0 Å². The lowest BCUT2D eigenvalue weighted by Crippen LogP contribution is -2.28. The van der Waals surface area contributed by atoms with Crippen molar-refractivity contribution in [3.8, 4) is 0 Å². The Labute approximate surface area is 56.1 Å². The molecule has 0 aliphatic carbocycles. The van der Waals surface area contributed by atoms with Crippen LogP contribution in [0.2, 0.25) is 0 Å². The van der Waals surface area contributed by atoms with Crippen LogP contribution in [0.15, 0.2) is 12.7 Å². The van der Waals surface area contributed by atoms with E-state index in [1.54, 1.807) is 20.1 Å². The van der Waals surface area contributed by atoms with Crippen LogP contribution >= 0.6 is 0 Å². The Balaban J connectivity index is 3.55. The van der Waals surface area contributed by atoms with E-state index < -0.39 is 5.60 Å². The molecule has 0 rings (SSSR count). The smallest absolute Gasteiger partial charge is 0.0886 e. The summed E-state index contributed by atoms with van der Waals surface area (Å²) in [6, 6.07) is 0. The summed E-state index contributed by atoms with van der Waals surface area (Å²) in [5.41, 5.74) is -0.740. The Hall–Kier alpha value is -0.340. The molecule has 0 saturated carbocycles. The van der Waals surface area contributed by atoms with Crippen LogP contribution in [0.1, 0.15) is 13.3 Å². The van der Waals surface area contributed by atoms with Crippen LogP contribution in [0.4, 0.5) is 0 Å². The molecule has 0 amide bonds. The predicted molar refractivity (Wildman–Crippen MR) is 37.3 cm³/mol. The normalized spacial score (nSPS) is 16.8. The summed E-state index contributed by atoms with van der Waals surface area (Å²) in [4.78, 5) is 0. The molecule has 0 heterocycles.